The second kappa shape index (κ2) is 9.61. The monoisotopic (exact) mass is 391 g/mol. The lowest BCUT2D eigenvalue weighted by Crippen LogP contribution is -3.16. The van der Waals surface area contributed by atoms with E-state index in [1.807, 2.05) is 18.2 Å². The van der Waals surface area contributed by atoms with Gasteiger partial charge in [0.15, 0.2) is 11.5 Å². The van der Waals surface area contributed by atoms with E-state index in [0.717, 1.165) is 26.2 Å². The number of para-hydroxylation sites is 2. The number of nitrogens with one attached hydrogen (secondary N) is 1. The van der Waals surface area contributed by atoms with Crippen LogP contribution in [0.2, 0.25) is 0 Å². The third-order valence-corrected chi connectivity index (χ3v) is 4.99. The van der Waals surface area contributed by atoms with Gasteiger partial charge in [-0.3, -0.25) is 0 Å². The predicted octanol–water partition coefficient (Wildman–Crippen LogP) is 0.988. The number of aliphatic hydroxyl groups is 1. The van der Waals surface area contributed by atoms with Crippen molar-refractivity contribution in [2.75, 3.05) is 58.5 Å². The first-order valence-corrected chi connectivity index (χ1v) is 9.47. The molecule has 1 saturated heterocycles. The van der Waals surface area contributed by atoms with Gasteiger partial charge < -0.3 is 29.1 Å². The van der Waals surface area contributed by atoms with Gasteiger partial charge in [-0.25, -0.2) is 4.39 Å². The van der Waals surface area contributed by atoms with Crippen molar-refractivity contribution >= 4 is 5.69 Å². The lowest BCUT2D eigenvalue weighted by atomic mass is 10.2. The Morgan fingerprint density at radius 2 is 1.68 bits per heavy atom. The van der Waals surface area contributed by atoms with Crippen molar-refractivity contribution < 1.29 is 28.6 Å². The van der Waals surface area contributed by atoms with Crippen LogP contribution in [0.1, 0.15) is 0 Å². The van der Waals surface area contributed by atoms with Crippen LogP contribution in [0.3, 0.4) is 0 Å². The number of halogens is 1. The van der Waals surface area contributed by atoms with Gasteiger partial charge in [0.05, 0.1) is 46.1 Å². The number of benzene rings is 2. The minimum absolute atomic E-state index is 0.150. The van der Waals surface area contributed by atoms with Crippen molar-refractivity contribution in [2.45, 2.75) is 6.10 Å². The van der Waals surface area contributed by atoms with Crippen molar-refractivity contribution in [1.82, 2.24) is 0 Å². The van der Waals surface area contributed by atoms with E-state index in [1.165, 1.54) is 11.0 Å². The molecule has 1 aliphatic rings. The first-order chi connectivity index (χ1) is 13.6. The van der Waals surface area contributed by atoms with E-state index in [-0.39, 0.29) is 12.4 Å². The summed E-state index contributed by atoms with van der Waals surface area (Å²) in [5.74, 6) is 1.44. The molecule has 7 heteroatoms. The number of aliphatic hydroxyl groups excluding tert-OH is 1. The van der Waals surface area contributed by atoms with Crippen LogP contribution in [0, 0.1) is 5.82 Å². The van der Waals surface area contributed by atoms with Gasteiger partial charge in [0, 0.05) is 0 Å². The zero-order valence-corrected chi connectivity index (χ0v) is 16.4. The number of rotatable bonds is 8. The molecule has 6 nitrogen and oxygen atoms in total. The normalized spacial score (nSPS) is 15.9. The Hall–Kier alpha value is -2.51. The molecule has 3 rings (SSSR count). The SMILES string of the molecule is COc1cccc(OC)c1OC[C@@H](O)C[NH+]1CCN(c2ccccc2F)CC1. The highest BCUT2D eigenvalue weighted by Gasteiger charge is 2.24. The molecule has 28 heavy (non-hydrogen) atoms. The van der Waals surface area contributed by atoms with Gasteiger partial charge in [-0.1, -0.05) is 18.2 Å². The first kappa shape index (κ1) is 20.2. The molecule has 1 aliphatic heterocycles. The molecule has 1 heterocycles. The van der Waals surface area contributed by atoms with E-state index < -0.39 is 6.10 Å². The Balaban J connectivity index is 1.49. The summed E-state index contributed by atoms with van der Waals surface area (Å²) in [5.41, 5.74) is 0.647. The largest absolute Gasteiger partial charge is 0.493 e. The third-order valence-electron chi connectivity index (χ3n) is 4.99. The maximum absolute atomic E-state index is 13.9. The highest BCUT2D eigenvalue weighted by Crippen LogP contribution is 2.36. The minimum Gasteiger partial charge on any atom is -0.493 e. The van der Waals surface area contributed by atoms with Crippen molar-refractivity contribution in [2.24, 2.45) is 0 Å². The number of methoxy groups -OCH3 is 2. The summed E-state index contributed by atoms with van der Waals surface area (Å²) in [5, 5.41) is 10.4. The maximum atomic E-state index is 13.9. The van der Waals surface area contributed by atoms with Crippen LogP contribution in [0.5, 0.6) is 17.2 Å². The number of hydrogen-bond acceptors (Lipinski definition) is 5. The fourth-order valence-electron chi connectivity index (χ4n) is 3.51. The van der Waals surface area contributed by atoms with Crippen molar-refractivity contribution in [3.63, 3.8) is 0 Å². The Morgan fingerprint density at radius 1 is 1.04 bits per heavy atom. The van der Waals surface area contributed by atoms with E-state index in [4.69, 9.17) is 14.2 Å². The van der Waals surface area contributed by atoms with Crippen LogP contribution in [0.15, 0.2) is 42.5 Å². The molecule has 1 fully saturated rings. The van der Waals surface area contributed by atoms with Crippen LogP contribution in [-0.4, -0.2) is 64.8 Å². The van der Waals surface area contributed by atoms with Gasteiger partial charge in [0.25, 0.3) is 0 Å². The second-order valence-electron chi connectivity index (χ2n) is 6.85. The van der Waals surface area contributed by atoms with E-state index in [2.05, 4.69) is 4.90 Å². The van der Waals surface area contributed by atoms with E-state index >= 15 is 0 Å². The zero-order valence-electron chi connectivity index (χ0n) is 16.4. The van der Waals surface area contributed by atoms with Gasteiger partial charge >= 0.3 is 0 Å². The smallest absolute Gasteiger partial charge is 0.203 e. The number of ether oxygens (including phenoxy) is 3. The topological polar surface area (TPSA) is 55.6 Å². The van der Waals surface area contributed by atoms with Crippen LogP contribution >= 0.6 is 0 Å². The lowest BCUT2D eigenvalue weighted by molar-refractivity contribution is -0.903. The molecule has 0 radical (unpaired) electrons. The quantitative estimate of drug-likeness (QED) is 0.703. The van der Waals surface area contributed by atoms with Gasteiger partial charge in [-0.05, 0) is 24.3 Å². The fourth-order valence-corrected chi connectivity index (χ4v) is 3.51. The third kappa shape index (κ3) is 4.85. The van der Waals surface area contributed by atoms with E-state index in [0.29, 0.717) is 29.5 Å². The molecule has 0 bridgehead atoms. The van der Waals surface area contributed by atoms with Gasteiger partial charge in [-0.15, -0.1) is 0 Å². The molecule has 0 spiro atoms. The fraction of sp³-hybridized carbons (Fsp3) is 0.429. The van der Waals surface area contributed by atoms with Gasteiger partial charge in [-0.2, -0.15) is 0 Å². The average Bonchev–Trinajstić information content (AvgIpc) is 2.73. The summed E-state index contributed by atoms with van der Waals surface area (Å²) in [6.45, 7) is 3.90. The van der Waals surface area contributed by atoms with Crippen LogP contribution in [-0.2, 0) is 0 Å². The Labute approximate surface area is 165 Å². The summed E-state index contributed by atoms with van der Waals surface area (Å²) in [6.07, 6.45) is -0.621. The molecule has 2 N–H and O–H groups in total. The molecule has 0 amide bonds. The number of nitrogens with zero attached hydrogens (tertiary/aromatic N) is 1. The minimum atomic E-state index is -0.621. The van der Waals surface area contributed by atoms with E-state index in [1.54, 1.807) is 32.4 Å². The molecule has 1 atom stereocenters. The van der Waals surface area contributed by atoms with Crippen LogP contribution in [0.4, 0.5) is 10.1 Å². The molecule has 152 valence electrons. The average molecular weight is 391 g/mol. The number of piperazine rings is 1. The van der Waals surface area contributed by atoms with Crippen LogP contribution < -0.4 is 24.0 Å². The Morgan fingerprint density at radius 3 is 2.29 bits per heavy atom. The van der Waals surface area contributed by atoms with Gasteiger partial charge in [0.2, 0.25) is 5.75 Å². The summed E-state index contributed by atoms with van der Waals surface area (Å²) in [6, 6.07) is 12.2. The number of hydrogen-bond donors (Lipinski definition) is 2. The number of quaternary nitrogens is 1. The van der Waals surface area contributed by atoms with Crippen molar-refractivity contribution in [3.8, 4) is 17.2 Å². The van der Waals surface area contributed by atoms with Crippen LogP contribution in [0.25, 0.3) is 0 Å². The molecule has 0 unspecified atom stereocenters. The molecule has 0 aliphatic carbocycles. The van der Waals surface area contributed by atoms with Gasteiger partial charge in [0.1, 0.15) is 25.1 Å². The second-order valence-corrected chi connectivity index (χ2v) is 6.85. The maximum Gasteiger partial charge on any atom is 0.203 e. The number of anilines is 1. The molecule has 0 aromatic heterocycles. The standard InChI is InChI=1S/C21H27FN2O4/c1-26-19-8-5-9-20(27-2)21(19)28-15-16(25)14-23-10-12-24(13-11-23)18-7-4-3-6-17(18)22/h3-9,16,25H,10-15H2,1-2H3/p+1/t16-/m0/s1. The molecular weight excluding hydrogens is 363 g/mol. The highest BCUT2D eigenvalue weighted by atomic mass is 19.1. The summed E-state index contributed by atoms with van der Waals surface area (Å²) in [4.78, 5) is 3.33. The molecule has 2 aromatic rings. The Kier molecular flexibility index (Phi) is 6.95. The zero-order chi connectivity index (χ0) is 19.9. The highest BCUT2D eigenvalue weighted by molar-refractivity contribution is 5.51. The van der Waals surface area contributed by atoms with Crippen molar-refractivity contribution in [1.29, 1.82) is 0 Å². The molecule has 0 saturated carbocycles. The predicted molar refractivity (Wildman–Crippen MR) is 105 cm³/mol. The van der Waals surface area contributed by atoms with E-state index in [9.17, 15) is 9.50 Å². The summed E-state index contributed by atoms with van der Waals surface area (Å²) < 4.78 is 30.3. The summed E-state index contributed by atoms with van der Waals surface area (Å²) >= 11 is 0. The lowest BCUT2D eigenvalue weighted by Gasteiger charge is -2.34. The first-order valence-electron chi connectivity index (χ1n) is 9.47. The molecule has 2 aromatic carbocycles. The van der Waals surface area contributed by atoms with Crippen molar-refractivity contribution in [3.05, 3.63) is 48.3 Å². The summed E-state index contributed by atoms with van der Waals surface area (Å²) in [7, 11) is 3.13. The Bertz CT molecular complexity index is 744. The molecular formula is C21H28FN2O4+.